The van der Waals surface area contributed by atoms with Crippen LogP contribution in [0.25, 0.3) is 88.3 Å². The standard InChI is InChI=1S/C43H27N3/c1-3-11-28(12-4-1)36-17-10-20-41(44-36)46-39-19-9-13-29-21-23-34-32(24-26-40(46)43(34)42(29)39)30-22-25-38-35(27-30)33-16-7-8-18-37(33)45(38)31-14-5-2-6-15-31/h1-27H. The first kappa shape index (κ1) is 25.2. The van der Waals surface area contributed by atoms with Gasteiger partial charge < -0.3 is 4.57 Å². The van der Waals surface area contributed by atoms with Gasteiger partial charge in [0, 0.05) is 32.8 Å². The molecular weight excluding hydrogens is 558 g/mol. The van der Waals surface area contributed by atoms with Crippen molar-refractivity contribution in [2.45, 2.75) is 0 Å². The summed E-state index contributed by atoms with van der Waals surface area (Å²) in [5, 5.41) is 7.58. The van der Waals surface area contributed by atoms with Crippen LogP contribution < -0.4 is 0 Å². The van der Waals surface area contributed by atoms with E-state index >= 15 is 0 Å². The third-order valence-corrected chi connectivity index (χ3v) is 9.49. The molecule has 10 aromatic rings. The van der Waals surface area contributed by atoms with Crippen LogP contribution in [0.4, 0.5) is 0 Å². The van der Waals surface area contributed by atoms with E-state index in [1.54, 1.807) is 0 Å². The first-order valence-electron chi connectivity index (χ1n) is 15.7. The van der Waals surface area contributed by atoms with Gasteiger partial charge in [-0.15, -0.1) is 0 Å². The molecule has 0 spiro atoms. The van der Waals surface area contributed by atoms with E-state index in [4.69, 9.17) is 4.98 Å². The molecule has 214 valence electrons. The molecule has 0 aliphatic heterocycles. The smallest absolute Gasteiger partial charge is 0.138 e. The molecule has 10 rings (SSSR count). The van der Waals surface area contributed by atoms with Crippen LogP contribution in [0.2, 0.25) is 0 Å². The lowest BCUT2D eigenvalue weighted by atomic mass is 9.94. The van der Waals surface area contributed by atoms with Gasteiger partial charge in [-0.3, -0.25) is 4.57 Å². The Kier molecular flexibility index (Phi) is 5.28. The molecule has 3 nitrogen and oxygen atoms in total. The van der Waals surface area contributed by atoms with Crippen LogP contribution in [-0.2, 0) is 0 Å². The molecule has 0 aliphatic carbocycles. The number of aromatic nitrogens is 3. The van der Waals surface area contributed by atoms with Gasteiger partial charge in [-0.05, 0) is 76.5 Å². The summed E-state index contributed by atoms with van der Waals surface area (Å²) < 4.78 is 4.70. The summed E-state index contributed by atoms with van der Waals surface area (Å²) >= 11 is 0. The highest BCUT2D eigenvalue weighted by Crippen LogP contribution is 2.43. The van der Waals surface area contributed by atoms with E-state index in [1.165, 1.54) is 71.2 Å². The minimum Gasteiger partial charge on any atom is -0.309 e. The summed E-state index contributed by atoms with van der Waals surface area (Å²) in [6.45, 7) is 0. The molecule has 0 atom stereocenters. The molecular formula is C43H27N3. The number of hydrogen-bond acceptors (Lipinski definition) is 1. The number of pyridine rings is 1. The minimum absolute atomic E-state index is 0.925. The van der Waals surface area contributed by atoms with Crippen LogP contribution in [-0.4, -0.2) is 14.1 Å². The molecule has 0 saturated heterocycles. The molecule has 0 saturated carbocycles. The maximum absolute atomic E-state index is 5.18. The lowest BCUT2D eigenvalue weighted by Crippen LogP contribution is -1.98. The molecule has 46 heavy (non-hydrogen) atoms. The summed E-state index contributed by atoms with van der Waals surface area (Å²) in [6.07, 6.45) is 0. The maximum Gasteiger partial charge on any atom is 0.138 e. The summed E-state index contributed by atoms with van der Waals surface area (Å²) in [4.78, 5) is 5.18. The van der Waals surface area contributed by atoms with E-state index in [9.17, 15) is 0 Å². The van der Waals surface area contributed by atoms with Crippen LogP contribution in [0.1, 0.15) is 0 Å². The van der Waals surface area contributed by atoms with Gasteiger partial charge in [0.1, 0.15) is 5.82 Å². The van der Waals surface area contributed by atoms with E-state index in [2.05, 4.69) is 167 Å². The zero-order chi connectivity index (χ0) is 30.2. The highest BCUT2D eigenvalue weighted by Gasteiger charge is 2.20. The zero-order valence-electron chi connectivity index (χ0n) is 24.9. The topological polar surface area (TPSA) is 22.8 Å². The Morgan fingerprint density at radius 2 is 1.11 bits per heavy atom. The van der Waals surface area contributed by atoms with Crippen molar-refractivity contribution in [3.05, 3.63) is 164 Å². The molecule has 0 N–H and O–H groups in total. The molecule has 0 unspecified atom stereocenters. The van der Waals surface area contributed by atoms with Crippen molar-refractivity contribution < 1.29 is 0 Å². The molecule has 0 amide bonds. The quantitative estimate of drug-likeness (QED) is 0.188. The number of para-hydroxylation sites is 2. The number of rotatable bonds is 4. The molecule has 7 aromatic carbocycles. The van der Waals surface area contributed by atoms with Gasteiger partial charge in [-0.2, -0.15) is 0 Å². The second-order valence-corrected chi connectivity index (χ2v) is 12.0. The van der Waals surface area contributed by atoms with Gasteiger partial charge in [0.25, 0.3) is 0 Å². The van der Waals surface area contributed by atoms with Gasteiger partial charge >= 0.3 is 0 Å². The largest absolute Gasteiger partial charge is 0.309 e. The predicted molar refractivity (Wildman–Crippen MR) is 192 cm³/mol. The van der Waals surface area contributed by atoms with Crippen LogP contribution in [0.5, 0.6) is 0 Å². The SMILES string of the molecule is c1ccc(-c2cccc(-n3c4cccc5ccc6c(-c7ccc8c(c7)c7ccccc7n8-c7ccccc7)ccc3c6c54)n2)cc1. The van der Waals surface area contributed by atoms with E-state index in [0.717, 1.165) is 17.1 Å². The Bertz CT molecular complexity index is 2730. The monoisotopic (exact) mass is 585 g/mol. The fourth-order valence-corrected chi connectivity index (χ4v) is 7.50. The Morgan fingerprint density at radius 1 is 0.391 bits per heavy atom. The Hall–Kier alpha value is -6.19. The molecule has 0 radical (unpaired) electrons. The zero-order valence-corrected chi connectivity index (χ0v) is 24.9. The molecule has 3 aromatic heterocycles. The van der Waals surface area contributed by atoms with Crippen molar-refractivity contribution in [3.63, 3.8) is 0 Å². The van der Waals surface area contributed by atoms with E-state index in [1.807, 2.05) is 6.07 Å². The molecule has 0 bridgehead atoms. The van der Waals surface area contributed by atoms with Gasteiger partial charge in [0.05, 0.1) is 27.8 Å². The van der Waals surface area contributed by atoms with Crippen molar-refractivity contribution in [1.82, 2.24) is 14.1 Å². The van der Waals surface area contributed by atoms with Gasteiger partial charge in [-0.25, -0.2) is 4.98 Å². The van der Waals surface area contributed by atoms with Crippen LogP contribution in [0.3, 0.4) is 0 Å². The van der Waals surface area contributed by atoms with Crippen molar-refractivity contribution >= 4 is 54.4 Å². The van der Waals surface area contributed by atoms with Crippen LogP contribution in [0, 0.1) is 0 Å². The Morgan fingerprint density at radius 3 is 2.00 bits per heavy atom. The third-order valence-electron chi connectivity index (χ3n) is 9.49. The van der Waals surface area contributed by atoms with Gasteiger partial charge in [0.15, 0.2) is 0 Å². The number of fused-ring (bicyclic) bond motifs is 3. The van der Waals surface area contributed by atoms with Gasteiger partial charge in [-0.1, -0.05) is 109 Å². The number of hydrogen-bond donors (Lipinski definition) is 0. The highest BCUT2D eigenvalue weighted by molar-refractivity contribution is 6.26. The molecule has 0 fully saturated rings. The first-order valence-corrected chi connectivity index (χ1v) is 15.7. The van der Waals surface area contributed by atoms with Crippen LogP contribution in [0.15, 0.2) is 164 Å². The fraction of sp³-hybridized carbons (Fsp3) is 0. The second kappa shape index (κ2) is 9.65. The third kappa shape index (κ3) is 3.57. The van der Waals surface area contributed by atoms with E-state index in [0.29, 0.717) is 0 Å². The summed E-state index contributed by atoms with van der Waals surface area (Å²) in [5.74, 6) is 0.925. The molecule has 3 heteroatoms. The highest BCUT2D eigenvalue weighted by atomic mass is 15.1. The lowest BCUT2D eigenvalue weighted by Gasteiger charge is -2.11. The Balaban J connectivity index is 1.22. The Labute approximate surface area is 265 Å². The lowest BCUT2D eigenvalue weighted by molar-refractivity contribution is 1.08. The minimum atomic E-state index is 0.925. The van der Waals surface area contributed by atoms with Crippen molar-refractivity contribution in [1.29, 1.82) is 0 Å². The molecule has 3 heterocycles. The van der Waals surface area contributed by atoms with E-state index < -0.39 is 0 Å². The number of nitrogens with zero attached hydrogens (tertiary/aromatic N) is 3. The first-order chi connectivity index (χ1) is 22.8. The predicted octanol–water partition coefficient (Wildman–Crippen LogP) is 11.2. The number of benzene rings is 7. The summed E-state index contributed by atoms with van der Waals surface area (Å²) in [7, 11) is 0. The van der Waals surface area contributed by atoms with Crippen molar-refractivity contribution in [2.75, 3.05) is 0 Å². The van der Waals surface area contributed by atoms with Crippen molar-refractivity contribution in [2.24, 2.45) is 0 Å². The van der Waals surface area contributed by atoms with E-state index in [-0.39, 0.29) is 0 Å². The normalized spacial score (nSPS) is 11.9. The van der Waals surface area contributed by atoms with Gasteiger partial charge in [0.2, 0.25) is 0 Å². The second-order valence-electron chi connectivity index (χ2n) is 12.0. The molecule has 0 aliphatic rings. The fourth-order valence-electron chi connectivity index (χ4n) is 7.50. The summed E-state index contributed by atoms with van der Waals surface area (Å²) in [6, 6.07) is 58.8. The van der Waals surface area contributed by atoms with Crippen molar-refractivity contribution in [3.8, 4) is 33.9 Å². The average Bonchev–Trinajstić information content (AvgIpc) is 3.65. The van der Waals surface area contributed by atoms with Crippen LogP contribution >= 0.6 is 0 Å². The maximum atomic E-state index is 5.18. The average molecular weight is 586 g/mol. The summed E-state index contributed by atoms with van der Waals surface area (Å²) in [5.41, 5.74) is 10.5.